The third kappa shape index (κ3) is 4.04. The lowest BCUT2D eigenvalue weighted by atomic mass is 10.2. The average Bonchev–Trinajstić information content (AvgIpc) is 3.06. The lowest BCUT2D eigenvalue weighted by Gasteiger charge is -2.16. The van der Waals surface area contributed by atoms with Crippen LogP contribution in [-0.4, -0.2) is 43.1 Å². The number of aryl methyl sites for hydroxylation is 2. The van der Waals surface area contributed by atoms with Gasteiger partial charge in [-0.1, -0.05) is 25.1 Å². The Morgan fingerprint density at radius 2 is 1.86 bits per heavy atom. The summed E-state index contributed by atoms with van der Waals surface area (Å²) in [7, 11) is 2.95. The number of aromatic nitrogens is 4. The Labute approximate surface area is 167 Å². The molecule has 1 N–H and O–H groups in total. The first kappa shape index (κ1) is 20.7. The summed E-state index contributed by atoms with van der Waals surface area (Å²) in [6, 6.07) is 7.71. The van der Waals surface area contributed by atoms with E-state index >= 15 is 0 Å². The van der Waals surface area contributed by atoms with Crippen LogP contribution in [-0.2, 0) is 20.6 Å². The van der Waals surface area contributed by atoms with Gasteiger partial charge in [0.15, 0.2) is 11.2 Å². The lowest BCUT2D eigenvalue weighted by molar-refractivity contribution is 0.0899. The Bertz CT molecular complexity index is 1130. The fourth-order valence-electron chi connectivity index (χ4n) is 3.07. The van der Waals surface area contributed by atoms with Gasteiger partial charge in [0, 0.05) is 14.1 Å². The van der Waals surface area contributed by atoms with Gasteiger partial charge in [0.2, 0.25) is 0 Å². The number of fused-ring (bicyclic) bond motifs is 1. The molecule has 0 saturated carbocycles. The number of para-hydroxylation sites is 1. The van der Waals surface area contributed by atoms with Crippen molar-refractivity contribution in [1.82, 2.24) is 18.7 Å². The Balaban J connectivity index is 1.95. The largest absolute Gasteiger partial charge is 0.491 e. The zero-order valence-corrected chi connectivity index (χ0v) is 17.1. The molecule has 1 unspecified atom stereocenters. The van der Waals surface area contributed by atoms with Crippen molar-refractivity contribution in [3.05, 3.63) is 50.7 Å². The molecular weight excluding hydrogens is 376 g/mol. The van der Waals surface area contributed by atoms with Crippen molar-refractivity contribution < 1.29 is 14.6 Å². The summed E-state index contributed by atoms with van der Waals surface area (Å²) < 4.78 is 15.2. The van der Waals surface area contributed by atoms with Crippen LogP contribution in [0.1, 0.15) is 18.9 Å². The first-order chi connectivity index (χ1) is 13.8. The summed E-state index contributed by atoms with van der Waals surface area (Å²) in [6.45, 7) is 4.34. The van der Waals surface area contributed by atoms with E-state index in [4.69, 9.17) is 9.47 Å². The SMILES string of the molecule is CCCOc1nc2c(c(=O)n(C)c(=O)n2C)n1CC(O)COc1ccccc1C. The number of hydrogen-bond acceptors (Lipinski definition) is 6. The number of ether oxygens (including phenoxy) is 2. The summed E-state index contributed by atoms with van der Waals surface area (Å²) in [4.78, 5) is 29.3. The molecule has 0 radical (unpaired) electrons. The fourth-order valence-corrected chi connectivity index (χ4v) is 3.07. The predicted octanol–water partition coefficient (Wildman–Crippen LogP) is 0.971. The molecule has 1 atom stereocenters. The normalized spacial score (nSPS) is 12.3. The van der Waals surface area contributed by atoms with Crippen LogP contribution in [0.15, 0.2) is 33.9 Å². The first-order valence-corrected chi connectivity index (χ1v) is 9.50. The predicted molar refractivity (Wildman–Crippen MR) is 109 cm³/mol. The quantitative estimate of drug-likeness (QED) is 0.603. The van der Waals surface area contributed by atoms with E-state index in [-0.39, 0.29) is 30.3 Å². The van der Waals surface area contributed by atoms with Crippen LogP contribution in [0.25, 0.3) is 11.2 Å². The van der Waals surface area contributed by atoms with E-state index in [1.807, 2.05) is 38.1 Å². The second-order valence-corrected chi connectivity index (χ2v) is 6.96. The standard InChI is InChI=1S/C20H26N4O5/c1-5-10-28-19-21-17-16(18(26)23(4)20(27)22(17)3)24(19)11-14(25)12-29-15-9-7-6-8-13(15)2/h6-9,14,25H,5,10-12H2,1-4H3. The van der Waals surface area contributed by atoms with Gasteiger partial charge in [-0.05, 0) is 25.0 Å². The molecule has 3 aromatic rings. The molecule has 0 aliphatic rings. The van der Waals surface area contributed by atoms with Crippen molar-refractivity contribution >= 4 is 11.2 Å². The molecule has 0 spiro atoms. The van der Waals surface area contributed by atoms with Crippen LogP contribution < -0.4 is 20.7 Å². The van der Waals surface area contributed by atoms with Gasteiger partial charge in [-0.25, -0.2) is 4.79 Å². The summed E-state index contributed by atoms with van der Waals surface area (Å²) in [5.74, 6) is 0.683. The van der Waals surface area contributed by atoms with E-state index in [1.165, 1.54) is 16.2 Å². The Morgan fingerprint density at radius 3 is 2.55 bits per heavy atom. The van der Waals surface area contributed by atoms with Gasteiger partial charge >= 0.3 is 5.69 Å². The summed E-state index contributed by atoms with van der Waals surface area (Å²) in [5, 5.41) is 10.6. The van der Waals surface area contributed by atoms with Gasteiger partial charge in [-0.15, -0.1) is 0 Å². The van der Waals surface area contributed by atoms with Crippen LogP contribution in [0.5, 0.6) is 11.8 Å². The molecule has 2 aromatic heterocycles. The molecule has 29 heavy (non-hydrogen) atoms. The average molecular weight is 402 g/mol. The molecule has 1 aromatic carbocycles. The molecule has 0 fully saturated rings. The molecule has 156 valence electrons. The third-order valence-electron chi connectivity index (χ3n) is 4.67. The molecule has 2 heterocycles. The molecule has 0 amide bonds. The Hall–Kier alpha value is -3.07. The highest BCUT2D eigenvalue weighted by molar-refractivity contribution is 5.71. The molecule has 0 saturated heterocycles. The number of benzene rings is 1. The van der Waals surface area contributed by atoms with Crippen molar-refractivity contribution in [2.75, 3.05) is 13.2 Å². The maximum atomic E-state index is 12.7. The van der Waals surface area contributed by atoms with Crippen molar-refractivity contribution in [3.8, 4) is 11.8 Å². The van der Waals surface area contributed by atoms with E-state index in [0.717, 1.165) is 16.6 Å². The van der Waals surface area contributed by atoms with Crippen LogP contribution in [0.3, 0.4) is 0 Å². The van der Waals surface area contributed by atoms with Crippen LogP contribution in [0.2, 0.25) is 0 Å². The summed E-state index contributed by atoms with van der Waals surface area (Å²) in [6.07, 6.45) is -0.169. The molecule has 0 aliphatic carbocycles. The zero-order chi connectivity index (χ0) is 21.1. The topological polar surface area (TPSA) is 101 Å². The van der Waals surface area contributed by atoms with E-state index in [9.17, 15) is 14.7 Å². The van der Waals surface area contributed by atoms with Crippen molar-refractivity contribution in [2.45, 2.75) is 32.9 Å². The van der Waals surface area contributed by atoms with Crippen molar-refractivity contribution in [3.63, 3.8) is 0 Å². The minimum absolute atomic E-state index is 0.0316. The first-order valence-electron chi connectivity index (χ1n) is 9.50. The second kappa shape index (κ2) is 8.52. The van der Waals surface area contributed by atoms with Crippen LogP contribution >= 0.6 is 0 Å². The highest BCUT2D eigenvalue weighted by atomic mass is 16.5. The fraction of sp³-hybridized carbons (Fsp3) is 0.450. The van der Waals surface area contributed by atoms with Gasteiger partial charge < -0.3 is 14.6 Å². The maximum Gasteiger partial charge on any atom is 0.332 e. The number of imidazole rings is 1. The van der Waals surface area contributed by atoms with E-state index < -0.39 is 17.4 Å². The number of rotatable bonds is 8. The van der Waals surface area contributed by atoms with E-state index in [0.29, 0.717) is 12.4 Å². The lowest BCUT2D eigenvalue weighted by Crippen LogP contribution is -2.38. The van der Waals surface area contributed by atoms with Gasteiger partial charge in [0.25, 0.3) is 11.6 Å². The minimum Gasteiger partial charge on any atom is -0.491 e. The molecule has 0 bridgehead atoms. The number of hydrogen-bond donors (Lipinski definition) is 1. The van der Waals surface area contributed by atoms with Crippen molar-refractivity contribution in [2.24, 2.45) is 14.1 Å². The highest BCUT2D eigenvalue weighted by Crippen LogP contribution is 2.20. The number of aliphatic hydroxyl groups is 1. The van der Waals surface area contributed by atoms with E-state index in [1.54, 1.807) is 7.05 Å². The maximum absolute atomic E-state index is 12.7. The van der Waals surface area contributed by atoms with Crippen molar-refractivity contribution in [1.29, 1.82) is 0 Å². The molecule has 3 rings (SSSR count). The number of aliphatic hydroxyl groups excluding tert-OH is 1. The van der Waals surface area contributed by atoms with Gasteiger partial charge in [-0.3, -0.25) is 18.5 Å². The van der Waals surface area contributed by atoms with Gasteiger partial charge in [0.1, 0.15) is 18.5 Å². The number of nitrogens with zero attached hydrogens (tertiary/aromatic N) is 4. The Morgan fingerprint density at radius 1 is 1.14 bits per heavy atom. The Kier molecular flexibility index (Phi) is 6.07. The third-order valence-corrected chi connectivity index (χ3v) is 4.67. The highest BCUT2D eigenvalue weighted by Gasteiger charge is 2.22. The van der Waals surface area contributed by atoms with Gasteiger partial charge in [-0.2, -0.15) is 4.98 Å². The molecule has 0 aliphatic heterocycles. The second-order valence-electron chi connectivity index (χ2n) is 6.96. The molecule has 9 nitrogen and oxygen atoms in total. The zero-order valence-electron chi connectivity index (χ0n) is 17.1. The summed E-state index contributed by atoms with van der Waals surface area (Å²) >= 11 is 0. The van der Waals surface area contributed by atoms with Crippen LogP contribution in [0, 0.1) is 6.92 Å². The minimum atomic E-state index is -0.919. The molecule has 9 heteroatoms. The van der Waals surface area contributed by atoms with Gasteiger partial charge in [0.05, 0.1) is 13.2 Å². The molecular formula is C20H26N4O5. The van der Waals surface area contributed by atoms with Crippen LogP contribution in [0.4, 0.5) is 0 Å². The monoisotopic (exact) mass is 402 g/mol. The summed E-state index contributed by atoms with van der Waals surface area (Å²) in [5.41, 5.74) is 0.419. The van der Waals surface area contributed by atoms with E-state index in [2.05, 4.69) is 4.98 Å². The smallest absolute Gasteiger partial charge is 0.332 e.